The molecule has 1 unspecified atom stereocenters. The molecule has 1 atom stereocenters. The lowest BCUT2D eigenvalue weighted by Gasteiger charge is -2.32. The third-order valence-electron chi connectivity index (χ3n) is 16.8. The number of ether oxygens (including phenoxy) is 3. The summed E-state index contributed by atoms with van der Waals surface area (Å²) in [4.78, 5) is 66.6. The predicted octanol–water partition coefficient (Wildman–Crippen LogP) is 6.84. The van der Waals surface area contributed by atoms with E-state index in [-0.39, 0.29) is 75.0 Å². The molecular weight excluding hydrogens is 1210 g/mol. The van der Waals surface area contributed by atoms with E-state index in [4.69, 9.17) is 18.9 Å². The molecule has 1 aromatic heterocycles. The number of allylic oxidation sites excluding steroid dienone is 2. The summed E-state index contributed by atoms with van der Waals surface area (Å²) in [7, 11) is 4.64. The summed E-state index contributed by atoms with van der Waals surface area (Å²) in [5, 5.41) is 21.4. The van der Waals surface area contributed by atoms with Gasteiger partial charge in [0.2, 0.25) is 17.7 Å². The molecule has 20 nitrogen and oxygen atoms in total. The van der Waals surface area contributed by atoms with Crippen LogP contribution >= 0.6 is 0 Å². The lowest BCUT2D eigenvalue weighted by molar-refractivity contribution is -0.870. The van der Waals surface area contributed by atoms with E-state index in [1.807, 2.05) is 48.5 Å². The molecule has 4 heterocycles. The van der Waals surface area contributed by atoms with E-state index in [0.29, 0.717) is 103 Å². The molecule has 6 N–H and O–H groups in total. The van der Waals surface area contributed by atoms with Crippen molar-refractivity contribution in [3.05, 3.63) is 183 Å². The molecule has 25 heteroatoms. The van der Waals surface area contributed by atoms with Crippen molar-refractivity contribution in [1.82, 2.24) is 25.7 Å². The second kappa shape index (κ2) is 30.3. The first-order valence-corrected chi connectivity index (χ1v) is 32.8. The van der Waals surface area contributed by atoms with Crippen molar-refractivity contribution in [2.45, 2.75) is 83.3 Å². The number of nitrogens with one attached hydrogen (secondary N) is 4. The maximum Gasteiger partial charge on any atom is 0.737 e. The first kappa shape index (κ1) is 68.6. The minimum atomic E-state index is -4.81. The van der Waals surface area contributed by atoms with Gasteiger partial charge in [-0.15, -0.1) is 0 Å². The van der Waals surface area contributed by atoms with Crippen LogP contribution in [-0.2, 0) is 55.0 Å². The van der Waals surface area contributed by atoms with Gasteiger partial charge in [0.25, 0.3) is 16.0 Å². The van der Waals surface area contributed by atoms with Crippen molar-refractivity contribution >= 4 is 70.9 Å². The van der Waals surface area contributed by atoms with Crippen molar-refractivity contribution in [2.24, 2.45) is 0 Å². The van der Waals surface area contributed by atoms with Gasteiger partial charge in [0.05, 0.1) is 55.6 Å². The highest BCUT2D eigenvalue weighted by molar-refractivity contribution is 7.85. The number of carbonyl (C=O) groups is 5. The molecule has 0 bridgehead atoms. The second-order valence-corrected chi connectivity index (χ2v) is 25.9. The van der Waals surface area contributed by atoms with Crippen LogP contribution in [0.2, 0.25) is 0 Å². The topological polar surface area (TPSA) is 253 Å². The summed E-state index contributed by atoms with van der Waals surface area (Å²) < 4.78 is 94.9. The molecule has 0 saturated heterocycles. The highest BCUT2D eigenvalue weighted by Gasteiger charge is 2.55. The van der Waals surface area contributed by atoms with Crippen LogP contribution in [0.15, 0.2) is 133 Å². The highest BCUT2D eigenvalue weighted by atomic mass is 32.2. The van der Waals surface area contributed by atoms with Crippen LogP contribution in [0.4, 0.5) is 8.63 Å². The summed E-state index contributed by atoms with van der Waals surface area (Å²) >= 11 is 0. The van der Waals surface area contributed by atoms with Gasteiger partial charge in [0.1, 0.15) is 29.0 Å². The molecular formula is C68H80B2F2N7O13S+. The normalized spacial score (nSPS) is 14.3. The molecule has 0 spiro atoms. The smallest absolute Gasteiger partial charge is 0.497 e. The average Bonchev–Trinajstić information content (AvgIpc) is 1.58. The minimum Gasteiger partial charge on any atom is -0.497 e. The van der Waals surface area contributed by atoms with E-state index in [2.05, 4.69) is 42.4 Å². The summed E-state index contributed by atoms with van der Waals surface area (Å²) in [6.07, 6.45) is 7.56. The number of aryl methyl sites for hydroxylation is 3. The Labute approximate surface area is 541 Å². The SMILES string of the molecule is COc1ccc(C2=[N+]3C(=Cc4c(CCC[N+](C)(C)C)cc(-c5ccc(OC)cc5)n4[B-]3(F)F)C(CCC(=O)NC(CS(=O)(=O)O)C(=O)NCCCCC(=O)NCCNC(=O)c3cc(CCCCc4ccc(C(=O)c5ccccc5)cc4)c(OC)c4c3COB4O)=C2)cc1. The standard InChI is InChI=1S/C68H79B2F2N7O13S/c1-79(2,3)38-14-19-50-40-58(46-25-30-53(89-4)31-26-46)77-60(50)42-61-51(41-59(78(61)70(77,71)72)47-27-32-54(90-5)33-28-47)29-34-63(81)76-57(44-93(86,87)88)68(84)74-35-13-12-20-62(80)73-36-37-75-67(83)55-39-52(66(91-6)64-56(55)43-92-69(64)85)18-11-10-15-45-21-23-49(24-22-45)65(82)48-16-8-7-9-17-48/h7-9,16-17,21-28,30-33,39-42,57,85H,10-15,18-20,29,34-38,43-44H2,1-6H3,(H4-,73,74,75,76,80,81,83,84,86,87,88)/p+1. The molecule has 490 valence electrons. The fourth-order valence-electron chi connectivity index (χ4n) is 12.0. The van der Waals surface area contributed by atoms with Crippen LogP contribution in [0.5, 0.6) is 17.2 Å². The number of amides is 4. The number of hydrogen-bond acceptors (Lipinski definition) is 12. The molecule has 6 aromatic rings. The number of fused-ring (bicyclic) bond motifs is 3. The monoisotopic (exact) mass is 1290 g/mol. The molecule has 0 aliphatic carbocycles. The third kappa shape index (κ3) is 17.1. The Bertz CT molecular complexity index is 3950. The maximum atomic E-state index is 17.9. The van der Waals surface area contributed by atoms with Crippen molar-refractivity contribution in [3.8, 4) is 28.5 Å². The van der Waals surface area contributed by atoms with Crippen molar-refractivity contribution in [3.63, 3.8) is 0 Å². The zero-order valence-electron chi connectivity index (χ0n) is 53.3. The van der Waals surface area contributed by atoms with Gasteiger partial charge in [-0.25, -0.2) is 0 Å². The summed E-state index contributed by atoms with van der Waals surface area (Å²) in [6.45, 7) is -3.68. The summed E-state index contributed by atoms with van der Waals surface area (Å²) in [6, 6.07) is 32.1. The Morgan fingerprint density at radius 2 is 1.35 bits per heavy atom. The van der Waals surface area contributed by atoms with Gasteiger partial charge in [-0.1, -0.05) is 54.6 Å². The van der Waals surface area contributed by atoms with E-state index in [9.17, 15) is 42.0 Å². The van der Waals surface area contributed by atoms with E-state index >= 15 is 8.63 Å². The number of ketones is 1. The van der Waals surface area contributed by atoms with Gasteiger partial charge >= 0.3 is 14.1 Å². The van der Waals surface area contributed by atoms with E-state index in [1.54, 1.807) is 78.9 Å². The molecule has 5 aromatic carbocycles. The van der Waals surface area contributed by atoms with Gasteiger partial charge in [-0.2, -0.15) is 8.42 Å². The van der Waals surface area contributed by atoms with Crippen LogP contribution in [-0.4, -0.2) is 161 Å². The van der Waals surface area contributed by atoms with Crippen molar-refractivity contribution in [2.75, 3.05) is 74.4 Å². The number of rotatable bonds is 32. The number of halogens is 2. The van der Waals surface area contributed by atoms with Gasteiger partial charge in [0.15, 0.2) is 17.2 Å². The van der Waals surface area contributed by atoms with E-state index < -0.39 is 53.7 Å². The Hall–Kier alpha value is -8.74. The molecule has 4 amide bonds. The number of nitrogens with zero attached hydrogens (tertiary/aromatic N) is 3. The van der Waals surface area contributed by atoms with Crippen LogP contribution in [0.1, 0.15) is 111 Å². The Morgan fingerprint density at radius 1 is 0.710 bits per heavy atom. The first-order valence-electron chi connectivity index (χ1n) is 31.2. The van der Waals surface area contributed by atoms with E-state index in [0.717, 1.165) is 51.5 Å². The number of unbranched alkanes of at least 4 members (excludes halogenated alkanes) is 2. The Morgan fingerprint density at radius 3 is 2.01 bits per heavy atom. The number of quaternary nitrogens is 1. The second-order valence-electron chi connectivity index (χ2n) is 24.4. The number of aromatic nitrogens is 1. The quantitative estimate of drug-likeness (QED) is 0.00833. The van der Waals surface area contributed by atoms with Crippen LogP contribution in [0.3, 0.4) is 0 Å². The van der Waals surface area contributed by atoms with Crippen LogP contribution in [0, 0.1) is 0 Å². The predicted molar refractivity (Wildman–Crippen MR) is 353 cm³/mol. The first-order chi connectivity index (χ1) is 44.5. The number of carbonyl (C=O) groups excluding carboxylic acids is 5. The molecule has 3 aliphatic heterocycles. The molecule has 3 aliphatic rings. The van der Waals surface area contributed by atoms with E-state index in [1.165, 1.54) is 21.3 Å². The van der Waals surface area contributed by atoms with Gasteiger partial charge in [-0.3, -0.25) is 28.5 Å². The zero-order chi connectivity index (χ0) is 66.6. The number of hydrogen-bond donors (Lipinski definition) is 6. The molecule has 0 saturated carbocycles. The molecule has 93 heavy (non-hydrogen) atoms. The van der Waals surface area contributed by atoms with Gasteiger partial charge in [-0.05, 0) is 140 Å². The largest absolute Gasteiger partial charge is 0.737 e. The van der Waals surface area contributed by atoms with Gasteiger partial charge in [0, 0.05) is 95.7 Å². The van der Waals surface area contributed by atoms with Crippen molar-refractivity contribution in [1.29, 1.82) is 0 Å². The lowest BCUT2D eigenvalue weighted by Crippen LogP contribution is -2.51. The Balaban J connectivity index is 0.766. The third-order valence-corrected chi connectivity index (χ3v) is 17.5. The number of benzene rings is 5. The fourth-order valence-corrected chi connectivity index (χ4v) is 12.7. The van der Waals surface area contributed by atoms with Crippen LogP contribution < -0.4 is 40.9 Å². The van der Waals surface area contributed by atoms with Crippen LogP contribution in [0.25, 0.3) is 17.3 Å². The van der Waals surface area contributed by atoms with Crippen molar-refractivity contribution < 1.29 is 78.4 Å². The Kier molecular flexibility index (Phi) is 22.4. The molecule has 0 fully saturated rings. The molecule has 9 rings (SSSR count). The maximum absolute atomic E-state index is 17.9. The van der Waals surface area contributed by atoms with Gasteiger partial charge < -0.3 is 67.2 Å². The lowest BCUT2D eigenvalue weighted by atomic mass is 9.75. The number of methoxy groups -OCH3 is 3. The summed E-state index contributed by atoms with van der Waals surface area (Å²) in [5.41, 5.74) is 7.43. The highest BCUT2D eigenvalue weighted by Crippen LogP contribution is 2.43. The zero-order valence-corrected chi connectivity index (χ0v) is 54.1. The fraction of sp³-hybridized carbons (Fsp3) is 0.353. The minimum absolute atomic E-state index is 0.00668. The molecule has 0 radical (unpaired) electrons. The summed E-state index contributed by atoms with van der Waals surface area (Å²) in [5.74, 6) is -2.08. The average molecular weight is 1300 g/mol.